The second kappa shape index (κ2) is 6.81. The SMILES string of the molecule is CN(Cc1ccc2c(c1)C(=O)N(C1CCC(=O)NC1=O)C2)CC1CCN1. The Balaban J connectivity index is 1.44. The van der Waals surface area contributed by atoms with Gasteiger partial charge >= 0.3 is 0 Å². The summed E-state index contributed by atoms with van der Waals surface area (Å²) >= 11 is 0. The minimum atomic E-state index is -0.552. The standard InChI is InChI=1S/C19H24N4O3/c1-22(11-14-6-7-20-14)9-12-2-3-13-10-23(19(26)15(13)8-12)16-4-5-17(24)21-18(16)25/h2-3,8,14,16,20H,4-7,9-11H2,1H3,(H,21,24,25). The molecule has 3 heterocycles. The fourth-order valence-corrected chi connectivity index (χ4v) is 3.96. The number of nitrogens with one attached hydrogen (secondary N) is 2. The Morgan fingerprint density at radius 1 is 1.23 bits per heavy atom. The highest BCUT2D eigenvalue weighted by atomic mass is 16.2. The highest BCUT2D eigenvalue weighted by Gasteiger charge is 2.39. The van der Waals surface area contributed by atoms with E-state index in [0.29, 0.717) is 24.6 Å². The maximum absolute atomic E-state index is 12.8. The van der Waals surface area contributed by atoms with Crippen molar-refractivity contribution < 1.29 is 14.4 Å². The molecule has 2 unspecified atom stereocenters. The van der Waals surface area contributed by atoms with E-state index in [9.17, 15) is 14.4 Å². The summed E-state index contributed by atoms with van der Waals surface area (Å²) in [4.78, 5) is 40.1. The van der Waals surface area contributed by atoms with Crippen LogP contribution in [0.3, 0.4) is 0 Å². The van der Waals surface area contributed by atoms with Crippen molar-refractivity contribution in [2.24, 2.45) is 0 Å². The third kappa shape index (κ3) is 3.24. The van der Waals surface area contributed by atoms with Gasteiger partial charge in [0, 0.05) is 37.7 Å². The molecule has 26 heavy (non-hydrogen) atoms. The molecule has 0 spiro atoms. The molecule has 2 saturated heterocycles. The van der Waals surface area contributed by atoms with Gasteiger partial charge in [0.1, 0.15) is 6.04 Å². The third-order valence-electron chi connectivity index (χ3n) is 5.50. The number of carbonyl (C=O) groups is 3. The number of carbonyl (C=O) groups excluding carboxylic acids is 3. The molecule has 0 radical (unpaired) electrons. The van der Waals surface area contributed by atoms with Gasteiger partial charge in [-0.1, -0.05) is 12.1 Å². The quantitative estimate of drug-likeness (QED) is 0.739. The maximum Gasteiger partial charge on any atom is 0.255 e. The molecule has 0 bridgehead atoms. The zero-order chi connectivity index (χ0) is 18.3. The van der Waals surface area contributed by atoms with Crippen LogP contribution in [0.4, 0.5) is 0 Å². The van der Waals surface area contributed by atoms with E-state index in [-0.39, 0.29) is 24.1 Å². The lowest BCUT2D eigenvalue weighted by atomic mass is 10.0. The monoisotopic (exact) mass is 356 g/mol. The summed E-state index contributed by atoms with van der Waals surface area (Å²) in [6.07, 6.45) is 1.89. The number of fused-ring (bicyclic) bond motifs is 1. The van der Waals surface area contributed by atoms with Crippen molar-refractivity contribution in [2.45, 2.75) is 44.4 Å². The van der Waals surface area contributed by atoms with E-state index in [2.05, 4.69) is 28.6 Å². The van der Waals surface area contributed by atoms with Gasteiger partial charge in [-0.15, -0.1) is 0 Å². The Labute approximate surface area is 152 Å². The maximum atomic E-state index is 12.8. The molecule has 0 aromatic heterocycles. The van der Waals surface area contributed by atoms with Crippen LogP contribution in [0.25, 0.3) is 0 Å². The molecule has 3 aliphatic rings. The van der Waals surface area contributed by atoms with Crippen LogP contribution in [0.1, 0.15) is 40.7 Å². The summed E-state index contributed by atoms with van der Waals surface area (Å²) < 4.78 is 0. The summed E-state index contributed by atoms with van der Waals surface area (Å²) in [5, 5.41) is 5.73. The van der Waals surface area contributed by atoms with E-state index in [0.717, 1.165) is 30.8 Å². The number of hydrogen-bond acceptors (Lipinski definition) is 5. The lowest BCUT2D eigenvalue weighted by molar-refractivity contribution is -0.136. The molecule has 3 amide bonds. The van der Waals surface area contributed by atoms with Gasteiger partial charge in [0.05, 0.1) is 0 Å². The average molecular weight is 356 g/mol. The fourth-order valence-electron chi connectivity index (χ4n) is 3.96. The molecule has 2 atom stereocenters. The van der Waals surface area contributed by atoms with Gasteiger partial charge in [-0.3, -0.25) is 19.7 Å². The van der Waals surface area contributed by atoms with E-state index in [4.69, 9.17) is 0 Å². The number of rotatable bonds is 5. The van der Waals surface area contributed by atoms with Gasteiger partial charge in [0.15, 0.2) is 0 Å². The Hall–Kier alpha value is -2.25. The van der Waals surface area contributed by atoms with E-state index in [1.165, 1.54) is 6.42 Å². The van der Waals surface area contributed by atoms with Crippen molar-refractivity contribution in [3.05, 3.63) is 34.9 Å². The highest BCUT2D eigenvalue weighted by Crippen LogP contribution is 2.28. The van der Waals surface area contributed by atoms with Gasteiger partial charge in [0.2, 0.25) is 11.8 Å². The van der Waals surface area contributed by atoms with E-state index < -0.39 is 6.04 Å². The largest absolute Gasteiger partial charge is 0.322 e. The van der Waals surface area contributed by atoms with E-state index in [1.54, 1.807) is 4.90 Å². The number of amides is 3. The molecule has 0 aliphatic carbocycles. The first kappa shape index (κ1) is 17.2. The molecule has 3 aliphatic heterocycles. The van der Waals surface area contributed by atoms with Crippen LogP contribution in [0.15, 0.2) is 18.2 Å². The van der Waals surface area contributed by atoms with Gasteiger partial charge < -0.3 is 15.1 Å². The molecule has 7 heteroatoms. The van der Waals surface area contributed by atoms with Crippen molar-refractivity contribution in [1.82, 2.24) is 20.4 Å². The summed E-state index contributed by atoms with van der Waals surface area (Å²) in [5.74, 6) is -0.739. The van der Waals surface area contributed by atoms with Crippen LogP contribution < -0.4 is 10.6 Å². The normalized spacial score (nSPS) is 25.3. The van der Waals surface area contributed by atoms with Gasteiger partial charge in [-0.05, 0) is 43.6 Å². The zero-order valence-electron chi connectivity index (χ0n) is 15.0. The molecule has 4 rings (SSSR count). The first-order chi connectivity index (χ1) is 12.5. The minimum Gasteiger partial charge on any atom is -0.322 e. The fraction of sp³-hybridized carbons (Fsp3) is 0.526. The number of piperidine rings is 1. The summed E-state index contributed by atoms with van der Waals surface area (Å²) in [6, 6.07) is 6.02. The Morgan fingerprint density at radius 2 is 2.04 bits per heavy atom. The first-order valence-corrected chi connectivity index (χ1v) is 9.19. The number of likely N-dealkylation sites (N-methyl/N-ethyl adjacent to an activating group) is 1. The molecule has 1 aromatic rings. The predicted molar refractivity (Wildman–Crippen MR) is 95.2 cm³/mol. The third-order valence-corrected chi connectivity index (χ3v) is 5.50. The summed E-state index contributed by atoms with van der Waals surface area (Å²) in [5.41, 5.74) is 2.73. The first-order valence-electron chi connectivity index (χ1n) is 9.19. The molecule has 2 fully saturated rings. The number of benzene rings is 1. The van der Waals surface area contributed by atoms with Gasteiger partial charge in [0.25, 0.3) is 5.91 Å². The van der Waals surface area contributed by atoms with E-state index >= 15 is 0 Å². The van der Waals surface area contributed by atoms with Crippen LogP contribution in [0, 0.1) is 0 Å². The van der Waals surface area contributed by atoms with Crippen LogP contribution in [0.5, 0.6) is 0 Å². The van der Waals surface area contributed by atoms with E-state index in [1.807, 2.05) is 12.1 Å². The Kier molecular flexibility index (Phi) is 4.50. The van der Waals surface area contributed by atoms with Crippen LogP contribution >= 0.6 is 0 Å². The lowest BCUT2D eigenvalue weighted by Gasteiger charge is -2.31. The lowest BCUT2D eigenvalue weighted by Crippen LogP contribution is -2.52. The molecule has 7 nitrogen and oxygen atoms in total. The summed E-state index contributed by atoms with van der Waals surface area (Å²) in [6.45, 7) is 3.31. The number of hydrogen-bond donors (Lipinski definition) is 2. The highest BCUT2D eigenvalue weighted by molar-refractivity contribution is 6.05. The number of nitrogens with zero attached hydrogens (tertiary/aromatic N) is 2. The molecule has 1 aromatic carbocycles. The molecule has 2 N–H and O–H groups in total. The van der Waals surface area contributed by atoms with Gasteiger partial charge in [-0.25, -0.2) is 0 Å². The van der Waals surface area contributed by atoms with Crippen LogP contribution in [-0.4, -0.2) is 59.7 Å². The Morgan fingerprint density at radius 3 is 2.73 bits per heavy atom. The van der Waals surface area contributed by atoms with Crippen molar-refractivity contribution in [3.63, 3.8) is 0 Å². The second-order valence-corrected chi connectivity index (χ2v) is 7.53. The predicted octanol–water partition coefficient (Wildman–Crippen LogP) is 0.241. The molecule has 0 saturated carbocycles. The smallest absolute Gasteiger partial charge is 0.255 e. The zero-order valence-corrected chi connectivity index (χ0v) is 15.0. The van der Waals surface area contributed by atoms with Crippen molar-refractivity contribution in [3.8, 4) is 0 Å². The van der Waals surface area contributed by atoms with Crippen molar-refractivity contribution in [1.29, 1.82) is 0 Å². The molecule has 138 valence electrons. The van der Waals surface area contributed by atoms with Crippen LogP contribution in [-0.2, 0) is 22.7 Å². The summed E-state index contributed by atoms with van der Waals surface area (Å²) in [7, 11) is 2.09. The van der Waals surface area contributed by atoms with Gasteiger partial charge in [-0.2, -0.15) is 0 Å². The Bertz CT molecular complexity index is 759. The van der Waals surface area contributed by atoms with Crippen molar-refractivity contribution >= 4 is 17.7 Å². The van der Waals surface area contributed by atoms with Crippen LogP contribution in [0.2, 0.25) is 0 Å². The second-order valence-electron chi connectivity index (χ2n) is 7.53. The molecular formula is C19H24N4O3. The molecular weight excluding hydrogens is 332 g/mol. The topological polar surface area (TPSA) is 81.8 Å². The number of imide groups is 1. The minimum absolute atomic E-state index is 0.111. The average Bonchev–Trinajstić information content (AvgIpc) is 2.88. The van der Waals surface area contributed by atoms with Crippen molar-refractivity contribution in [2.75, 3.05) is 20.1 Å².